The van der Waals surface area contributed by atoms with Gasteiger partial charge < -0.3 is 10.2 Å². The van der Waals surface area contributed by atoms with Crippen molar-refractivity contribution in [3.05, 3.63) is 128 Å². The maximum atomic E-state index is 14.7. The molecule has 0 heterocycles. The molecule has 2 amide bonds. The molecule has 0 radical (unpaired) electrons. The lowest BCUT2D eigenvalue weighted by Crippen LogP contribution is -2.54. The number of benzene rings is 4. The number of sulfonamides is 1. The molecule has 1 atom stereocenters. The van der Waals surface area contributed by atoms with Crippen molar-refractivity contribution in [2.75, 3.05) is 10.8 Å². The first kappa shape index (κ1) is 35.7. The molecule has 1 fully saturated rings. The molecule has 1 aliphatic rings. The third-order valence-corrected chi connectivity index (χ3v) is 11.5. The minimum absolute atomic E-state index is 0.00688. The molecule has 1 aliphatic carbocycles. The van der Waals surface area contributed by atoms with Crippen molar-refractivity contribution in [3.8, 4) is 0 Å². The standard InChI is InChI=1S/C37H38Cl3N3O4S/c1-25-12-16-31(20-26(25)2)43(48(46,47)32-17-14-29(38)15-18-32)24-36(44)42(23-28-13-19-33(39)34(40)21-28)35(22-27-8-4-3-5-9-27)37(45)41-30-10-6-7-11-30/h3-5,8-9,12-21,30,35H,6-7,10-11,22-24H2,1-2H3,(H,41,45)/t35-/m1/s1. The summed E-state index contributed by atoms with van der Waals surface area (Å²) in [6.07, 6.45) is 4.00. The van der Waals surface area contributed by atoms with E-state index in [0.29, 0.717) is 26.3 Å². The lowest BCUT2D eigenvalue weighted by molar-refractivity contribution is -0.140. The van der Waals surface area contributed by atoms with Crippen LogP contribution in [0.5, 0.6) is 0 Å². The highest BCUT2D eigenvalue weighted by molar-refractivity contribution is 7.92. The van der Waals surface area contributed by atoms with E-state index in [2.05, 4.69) is 5.32 Å². The van der Waals surface area contributed by atoms with Gasteiger partial charge in [-0.2, -0.15) is 0 Å². The molecule has 4 aromatic rings. The van der Waals surface area contributed by atoms with Gasteiger partial charge in [0.25, 0.3) is 10.0 Å². The summed E-state index contributed by atoms with van der Waals surface area (Å²) in [4.78, 5) is 30.3. The normalized spacial score (nSPS) is 14.0. The van der Waals surface area contributed by atoms with Gasteiger partial charge >= 0.3 is 0 Å². The molecule has 1 N–H and O–H groups in total. The van der Waals surface area contributed by atoms with Crippen molar-refractivity contribution >= 4 is 62.3 Å². The molecule has 252 valence electrons. The van der Waals surface area contributed by atoms with Gasteiger partial charge in [0.05, 0.1) is 20.6 Å². The van der Waals surface area contributed by atoms with Crippen LogP contribution in [0.2, 0.25) is 15.1 Å². The molecule has 0 unspecified atom stereocenters. The molecule has 0 saturated heterocycles. The van der Waals surface area contributed by atoms with Gasteiger partial charge in [-0.25, -0.2) is 8.42 Å². The smallest absolute Gasteiger partial charge is 0.264 e. The van der Waals surface area contributed by atoms with Crippen molar-refractivity contribution in [1.82, 2.24) is 10.2 Å². The van der Waals surface area contributed by atoms with Gasteiger partial charge in [0.1, 0.15) is 12.6 Å². The van der Waals surface area contributed by atoms with Crippen LogP contribution in [0, 0.1) is 13.8 Å². The second-order valence-electron chi connectivity index (χ2n) is 12.2. The molecule has 11 heteroatoms. The fourth-order valence-electron chi connectivity index (χ4n) is 5.90. The summed E-state index contributed by atoms with van der Waals surface area (Å²) in [5.74, 6) is -0.850. The van der Waals surface area contributed by atoms with Gasteiger partial charge in [-0.3, -0.25) is 13.9 Å². The third-order valence-electron chi connectivity index (χ3n) is 8.77. The lowest BCUT2D eigenvalue weighted by atomic mass is 10.0. The van der Waals surface area contributed by atoms with Crippen LogP contribution >= 0.6 is 34.8 Å². The predicted octanol–water partition coefficient (Wildman–Crippen LogP) is 8.16. The number of anilines is 1. The number of carbonyl (C=O) groups is 2. The first-order chi connectivity index (χ1) is 22.9. The molecule has 48 heavy (non-hydrogen) atoms. The molecule has 0 aromatic heterocycles. The molecular formula is C37H38Cl3N3O4S. The van der Waals surface area contributed by atoms with Crippen molar-refractivity contribution in [2.24, 2.45) is 0 Å². The van der Waals surface area contributed by atoms with E-state index in [0.717, 1.165) is 46.7 Å². The average molecular weight is 727 g/mol. The van der Waals surface area contributed by atoms with E-state index in [1.54, 1.807) is 30.3 Å². The van der Waals surface area contributed by atoms with Crippen LogP contribution in [0.25, 0.3) is 0 Å². The Balaban J connectivity index is 1.59. The third kappa shape index (κ3) is 8.72. The van der Waals surface area contributed by atoms with Gasteiger partial charge in [0.2, 0.25) is 11.8 Å². The van der Waals surface area contributed by atoms with E-state index < -0.39 is 28.5 Å². The van der Waals surface area contributed by atoms with Crippen LogP contribution in [-0.2, 0) is 32.6 Å². The van der Waals surface area contributed by atoms with Crippen molar-refractivity contribution < 1.29 is 18.0 Å². The zero-order valence-corrected chi connectivity index (χ0v) is 29.9. The van der Waals surface area contributed by atoms with Crippen LogP contribution < -0.4 is 9.62 Å². The summed E-state index contributed by atoms with van der Waals surface area (Å²) in [6.45, 7) is 3.25. The molecule has 0 spiro atoms. The minimum atomic E-state index is -4.25. The van der Waals surface area contributed by atoms with E-state index in [9.17, 15) is 18.0 Å². The van der Waals surface area contributed by atoms with Crippen LogP contribution in [-0.4, -0.2) is 43.8 Å². The highest BCUT2D eigenvalue weighted by Gasteiger charge is 2.35. The molecule has 1 saturated carbocycles. The molecule has 4 aromatic carbocycles. The number of rotatable bonds is 12. The lowest BCUT2D eigenvalue weighted by Gasteiger charge is -2.34. The van der Waals surface area contributed by atoms with E-state index in [1.807, 2.05) is 50.2 Å². The zero-order valence-electron chi connectivity index (χ0n) is 26.8. The Hall–Kier alpha value is -3.56. The van der Waals surface area contributed by atoms with E-state index in [4.69, 9.17) is 34.8 Å². The number of nitrogens with one attached hydrogen (secondary N) is 1. The van der Waals surface area contributed by atoms with E-state index >= 15 is 0 Å². The molecule has 7 nitrogen and oxygen atoms in total. The Morgan fingerprint density at radius 3 is 2.15 bits per heavy atom. The fraction of sp³-hybridized carbons (Fsp3) is 0.297. The predicted molar refractivity (Wildman–Crippen MR) is 193 cm³/mol. The fourth-order valence-corrected chi connectivity index (χ4v) is 7.75. The van der Waals surface area contributed by atoms with Gasteiger partial charge in [-0.15, -0.1) is 0 Å². The summed E-state index contributed by atoms with van der Waals surface area (Å²) >= 11 is 18.7. The summed E-state index contributed by atoms with van der Waals surface area (Å²) in [6, 6.07) is 24.6. The molecular weight excluding hydrogens is 689 g/mol. The van der Waals surface area contributed by atoms with Crippen LogP contribution in [0.4, 0.5) is 5.69 Å². The summed E-state index contributed by atoms with van der Waals surface area (Å²) in [5.41, 5.74) is 3.66. The Labute approximate surface area is 297 Å². The largest absolute Gasteiger partial charge is 0.352 e. The Morgan fingerprint density at radius 2 is 1.50 bits per heavy atom. The monoisotopic (exact) mass is 725 g/mol. The Morgan fingerprint density at radius 1 is 0.812 bits per heavy atom. The average Bonchev–Trinajstić information content (AvgIpc) is 3.58. The first-order valence-corrected chi connectivity index (χ1v) is 18.4. The number of aryl methyl sites for hydroxylation is 2. The van der Waals surface area contributed by atoms with Crippen molar-refractivity contribution in [3.63, 3.8) is 0 Å². The Kier molecular flexibility index (Phi) is 11.7. The van der Waals surface area contributed by atoms with Gasteiger partial charge in [-0.1, -0.05) is 90.1 Å². The second kappa shape index (κ2) is 15.8. The number of hydrogen-bond acceptors (Lipinski definition) is 4. The first-order valence-electron chi connectivity index (χ1n) is 15.9. The number of amides is 2. The molecule has 5 rings (SSSR count). The van der Waals surface area contributed by atoms with Gasteiger partial charge in [-0.05, 0) is 97.5 Å². The van der Waals surface area contributed by atoms with E-state index in [-0.39, 0.29) is 29.8 Å². The van der Waals surface area contributed by atoms with E-state index in [1.165, 1.54) is 29.2 Å². The van der Waals surface area contributed by atoms with Crippen LogP contribution in [0.15, 0.2) is 95.9 Å². The number of halogens is 3. The van der Waals surface area contributed by atoms with Crippen molar-refractivity contribution in [1.29, 1.82) is 0 Å². The summed E-state index contributed by atoms with van der Waals surface area (Å²) < 4.78 is 29.6. The highest BCUT2D eigenvalue weighted by atomic mass is 35.5. The number of carbonyl (C=O) groups excluding carboxylic acids is 2. The van der Waals surface area contributed by atoms with Gasteiger partial charge in [0.15, 0.2) is 0 Å². The quantitative estimate of drug-likeness (QED) is 0.160. The Bertz CT molecular complexity index is 1860. The van der Waals surface area contributed by atoms with Gasteiger partial charge in [0, 0.05) is 24.0 Å². The molecule has 0 bridgehead atoms. The number of hydrogen-bond donors (Lipinski definition) is 1. The maximum absolute atomic E-state index is 14.7. The minimum Gasteiger partial charge on any atom is -0.352 e. The summed E-state index contributed by atoms with van der Waals surface area (Å²) in [5, 5.41) is 4.22. The highest BCUT2D eigenvalue weighted by Crippen LogP contribution is 2.29. The van der Waals surface area contributed by atoms with Crippen LogP contribution in [0.1, 0.15) is 47.9 Å². The SMILES string of the molecule is Cc1ccc(N(CC(=O)N(Cc2ccc(Cl)c(Cl)c2)[C@H](Cc2ccccc2)C(=O)NC2CCCC2)S(=O)(=O)c2ccc(Cl)cc2)cc1C. The molecule has 0 aliphatic heterocycles. The zero-order chi connectivity index (χ0) is 34.4. The maximum Gasteiger partial charge on any atom is 0.264 e. The topological polar surface area (TPSA) is 86.8 Å². The summed E-state index contributed by atoms with van der Waals surface area (Å²) in [7, 11) is -4.25. The number of nitrogens with zero attached hydrogens (tertiary/aromatic N) is 2. The van der Waals surface area contributed by atoms with Crippen molar-refractivity contribution in [2.45, 2.75) is 69.5 Å². The van der Waals surface area contributed by atoms with Crippen LogP contribution in [0.3, 0.4) is 0 Å². The second-order valence-corrected chi connectivity index (χ2v) is 15.3.